The molecule has 0 aliphatic heterocycles. The van der Waals surface area contributed by atoms with E-state index < -0.39 is 0 Å². The highest BCUT2D eigenvalue weighted by Crippen LogP contribution is 2.39. The summed E-state index contributed by atoms with van der Waals surface area (Å²) in [5, 5.41) is 0. The van der Waals surface area contributed by atoms with Crippen LogP contribution in [-0.4, -0.2) is 6.04 Å². The van der Waals surface area contributed by atoms with Gasteiger partial charge in [0.25, 0.3) is 0 Å². The number of hydrogen-bond donors (Lipinski definition) is 2. The quantitative estimate of drug-likeness (QED) is 0.455. The molecule has 2 fully saturated rings. The largest absolute Gasteiger partial charge is 0.271 e. The first kappa shape index (κ1) is 14.3. The van der Waals surface area contributed by atoms with E-state index in [1.54, 1.807) is 0 Å². The molecule has 2 rings (SSSR count). The summed E-state index contributed by atoms with van der Waals surface area (Å²) in [7, 11) is 0. The summed E-state index contributed by atoms with van der Waals surface area (Å²) >= 11 is 0. The Hall–Kier alpha value is -0.0800. The zero-order chi connectivity index (χ0) is 13.0. The molecular weight excluding hydrogens is 220 g/mol. The Morgan fingerprint density at radius 1 is 0.833 bits per heavy atom. The van der Waals surface area contributed by atoms with Crippen molar-refractivity contribution in [1.82, 2.24) is 5.43 Å². The number of hydrazine groups is 1. The summed E-state index contributed by atoms with van der Waals surface area (Å²) in [6.45, 7) is 4.84. The Bertz CT molecular complexity index is 223. The van der Waals surface area contributed by atoms with E-state index in [-0.39, 0.29) is 0 Å². The molecule has 2 saturated carbocycles. The molecular formula is C16H32N2. The SMILES string of the molecule is CC1CC(C)CC(C(NN)C2CCCCCC2)C1. The second-order valence-electron chi connectivity index (χ2n) is 7.12. The number of nitrogens with two attached hydrogens (primary N) is 1. The van der Waals surface area contributed by atoms with Crippen molar-refractivity contribution in [2.45, 2.75) is 77.7 Å². The summed E-state index contributed by atoms with van der Waals surface area (Å²) in [5.41, 5.74) is 3.21. The fourth-order valence-corrected chi connectivity index (χ4v) is 4.63. The number of hydrogen-bond acceptors (Lipinski definition) is 2. The molecule has 0 saturated heterocycles. The summed E-state index contributed by atoms with van der Waals surface area (Å²) in [6, 6.07) is 0.577. The maximum atomic E-state index is 5.93. The van der Waals surface area contributed by atoms with Crippen LogP contribution in [0.15, 0.2) is 0 Å². The van der Waals surface area contributed by atoms with Crippen molar-refractivity contribution in [3.05, 3.63) is 0 Å². The molecule has 0 heterocycles. The third-order valence-electron chi connectivity index (χ3n) is 5.32. The predicted molar refractivity (Wildman–Crippen MR) is 78.0 cm³/mol. The Balaban J connectivity index is 1.97. The average Bonchev–Trinajstić information content (AvgIpc) is 2.58. The highest BCUT2D eigenvalue weighted by Gasteiger charge is 2.33. The first-order valence-electron chi connectivity index (χ1n) is 8.16. The normalized spacial score (nSPS) is 37.2. The summed E-state index contributed by atoms with van der Waals surface area (Å²) in [5.74, 6) is 9.35. The Kier molecular flexibility index (Phi) is 5.50. The third-order valence-corrected chi connectivity index (χ3v) is 5.32. The molecule has 0 aromatic carbocycles. The van der Waals surface area contributed by atoms with Crippen LogP contribution in [0.1, 0.15) is 71.6 Å². The van der Waals surface area contributed by atoms with Crippen molar-refractivity contribution in [3.8, 4) is 0 Å². The van der Waals surface area contributed by atoms with E-state index >= 15 is 0 Å². The number of rotatable bonds is 3. The third kappa shape index (κ3) is 3.71. The monoisotopic (exact) mass is 252 g/mol. The Morgan fingerprint density at radius 2 is 1.39 bits per heavy atom. The van der Waals surface area contributed by atoms with Gasteiger partial charge in [-0.05, 0) is 55.8 Å². The molecule has 0 spiro atoms. The minimum atomic E-state index is 0.577. The molecule has 2 aliphatic carbocycles. The maximum Gasteiger partial charge on any atom is 0.0267 e. The smallest absolute Gasteiger partial charge is 0.0267 e. The highest BCUT2D eigenvalue weighted by molar-refractivity contribution is 4.87. The van der Waals surface area contributed by atoms with Gasteiger partial charge < -0.3 is 0 Å². The lowest BCUT2D eigenvalue weighted by molar-refractivity contribution is 0.136. The molecule has 3 unspecified atom stereocenters. The zero-order valence-corrected chi connectivity index (χ0v) is 12.3. The second kappa shape index (κ2) is 6.91. The lowest BCUT2D eigenvalue weighted by atomic mass is 9.70. The van der Waals surface area contributed by atoms with Gasteiger partial charge in [0, 0.05) is 6.04 Å². The lowest BCUT2D eigenvalue weighted by Crippen LogP contribution is -2.48. The molecule has 2 heteroatoms. The van der Waals surface area contributed by atoms with Crippen LogP contribution >= 0.6 is 0 Å². The molecule has 3 atom stereocenters. The lowest BCUT2D eigenvalue weighted by Gasteiger charge is -2.39. The van der Waals surface area contributed by atoms with Gasteiger partial charge in [-0.15, -0.1) is 0 Å². The van der Waals surface area contributed by atoms with Gasteiger partial charge >= 0.3 is 0 Å². The zero-order valence-electron chi connectivity index (χ0n) is 12.3. The highest BCUT2D eigenvalue weighted by atomic mass is 15.2. The van der Waals surface area contributed by atoms with Gasteiger partial charge in [0.1, 0.15) is 0 Å². The fraction of sp³-hybridized carbons (Fsp3) is 1.00. The molecule has 106 valence electrons. The van der Waals surface area contributed by atoms with E-state index in [1.165, 1.54) is 57.8 Å². The second-order valence-corrected chi connectivity index (χ2v) is 7.12. The first-order chi connectivity index (χ1) is 8.70. The first-order valence-corrected chi connectivity index (χ1v) is 8.16. The molecule has 0 bridgehead atoms. The van der Waals surface area contributed by atoms with Crippen LogP contribution in [0.4, 0.5) is 0 Å². The summed E-state index contributed by atoms with van der Waals surface area (Å²) in [6.07, 6.45) is 12.7. The molecule has 18 heavy (non-hydrogen) atoms. The van der Waals surface area contributed by atoms with Crippen LogP contribution in [0.5, 0.6) is 0 Å². The van der Waals surface area contributed by atoms with Crippen LogP contribution in [0.25, 0.3) is 0 Å². The Morgan fingerprint density at radius 3 is 1.89 bits per heavy atom. The van der Waals surface area contributed by atoms with E-state index in [2.05, 4.69) is 19.3 Å². The van der Waals surface area contributed by atoms with E-state index in [9.17, 15) is 0 Å². The number of nitrogens with one attached hydrogen (secondary N) is 1. The van der Waals surface area contributed by atoms with Crippen molar-refractivity contribution in [2.24, 2.45) is 29.5 Å². The van der Waals surface area contributed by atoms with Crippen molar-refractivity contribution >= 4 is 0 Å². The van der Waals surface area contributed by atoms with Gasteiger partial charge in [-0.1, -0.05) is 39.5 Å². The molecule has 2 nitrogen and oxygen atoms in total. The molecule has 0 radical (unpaired) electrons. The van der Waals surface area contributed by atoms with Crippen LogP contribution in [0.2, 0.25) is 0 Å². The fourth-order valence-electron chi connectivity index (χ4n) is 4.63. The van der Waals surface area contributed by atoms with Crippen molar-refractivity contribution < 1.29 is 0 Å². The van der Waals surface area contributed by atoms with Crippen LogP contribution < -0.4 is 11.3 Å². The minimum Gasteiger partial charge on any atom is -0.271 e. The average molecular weight is 252 g/mol. The molecule has 0 aromatic heterocycles. The van der Waals surface area contributed by atoms with Gasteiger partial charge in [-0.2, -0.15) is 0 Å². The van der Waals surface area contributed by atoms with E-state index in [1.807, 2.05) is 0 Å². The van der Waals surface area contributed by atoms with Gasteiger partial charge in [0.2, 0.25) is 0 Å². The molecule has 2 aliphatic rings. The maximum absolute atomic E-state index is 5.93. The molecule has 0 aromatic rings. The van der Waals surface area contributed by atoms with E-state index in [0.717, 1.165) is 23.7 Å². The van der Waals surface area contributed by atoms with Crippen LogP contribution in [0, 0.1) is 23.7 Å². The van der Waals surface area contributed by atoms with Crippen LogP contribution in [-0.2, 0) is 0 Å². The van der Waals surface area contributed by atoms with Gasteiger partial charge in [-0.25, -0.2) is 0 Å². The van der Waals surface area contributed by atoms with Gasteiger partial charge in [0.15, 0.2) is 0 Å². The van der Waals surface area contributed by atoms with Crippen molar-refractivity contribution in [3.63, 3.8) is 0 Å². The van der Waals surface area contributed by atoms with Crippen LogP contribution in [0.3, 0.4) is 0 Å². The molecule has 3 N–H and O–H groups in total. The predicted octanol–water partition coefficient (Wildman–Crippen LogP) is 3.86. The van der Waals surface area contributed by atoms with E-state index in [4.69, 9.17) is 5.84 Å². The minimum absolute atomic E-state index is 0.577. The van der Waals surface area contributed by atoms with Gasteiger partial charge in [-0.3, -0.25) is 11.3 Å². The van der Waals surface area contributed by atoms with E-state index in [0.29, 0.717) is 6.04 Å². The standard InChI is InChI=1S/C16H32N2/c1-12-9-13(2)11-15(10-12)16(18-17)14-7-5-3-4-6-8-14/h12-16,18H,3-11,17H2,1-2H3. The topological polar surface area (TPSA) is 38.0 Å². The Labute approximate surface area is 113 Å². The summed E-state index contributed by atoms with van der Waals surface area (Å²) in [4.78, 5) is 0. The van der Waals surface area contributed by atoms with Crippen molar-refractivity contribution in [2.75, 3.05) is 0 Å². The molecule has 0 amide bonds. The summed E-state index contributed by atoms with van der Waals surface area (Å²) < 4.78 is 0. The van der Waals surface area contributed by atoms with Crippen molar-refractivity contribution in [1.29, 1.82) is 0 Å². The van der Waals surface area contributed by atoms with Gasteiger partial charge in [0.05, 0.1) is 0 Å².